The number of hydrogen-bond donors (Lipinski definition) is 1. The van der Waals surface area contributed by atoms with Crippen molar-refractivity contribution in [2.75, 3.05) is 0 Å². The Morgan fingerprint density at radius 1 is 0.864 bits per heavy atom. The molecule has 0 aliphatic heterocycles. The maximum absolute atomic E-state index is 10.2. The van der Waals surface area contributed by atoms with E-state index in [1.807, 2.05) is 0 Å². The maximum Gasteiger partial charge on any atom is 0.0744 e. The number of aliphatic hydroxyl groups excluding tert-OH is 1. The summed E-state index contributed by atoms with van der Waals surface area (Å²) < 4.78 is 0. The van der Waals surface area contributed by atoms with Crippen molar-refractivity contribution in [2.24, 2.45) is 17.8 Å². The molecule has 0 aromatic heterocycles. The van der Waals surface area contributed by atoms with Crippen molar-refractivity contribution in [3.05, 3.63) is 11.6 Å². The first kappa shape index (κ1) is 18.0. The molecule has 22 heavy (non-hydrogen) atoms. The standard InChI is InChI=1S/C21H38O/c1-3-21(22)17(2)16-20(18-12-8-4-5-9-13-18)19-14-10-6-7-11-15-19/h16,18-22H,3-15H2,1-2H3. The zero-order valence-electron chi connectivity index (χ0n) is 15.0. The largest absolute Gasteiger partial charge is 0.389 e. The molecule has 0 bridgehead atoms. The summed E-state index contributed by atoms with van der Waals surface area (Å²) in [5, 5.41) is 10.2. The molecule has 0 amide bonds. The summed E-state index contributed by atoms with van der Waals surface area (Å²) in [6, 6.07) is 0. The zero-order chi connectivity index (χ0) is 15.8. The second kappa shape index (κ2) is 9.75. The summed E-state index contributed by atoms with van der Waals surface area (Å²) in [5.41, 5.74) is 1.24. The van der Waals surface area contributed by atoms with Gasteiger partial charge >= 0.3 is 0 Å². The van der Waals surface area contributed by atoms with Crippen LogP contribution < -0.4 is 0 Å². The van der Waals surface area contributed by atoms with Gasteiger partial charge in [-0.1, -0.05) is 64.4 Å². The third-order valence-corrected chi connectivity index (χ3v) is 6.26. The lowest BCUT2D eigenvalue weighted by molar-refractivity contribution is 0.197. The van der Waals surface area contributed by atoms with Gasteiger partial charge < -0.3 is 5.11 Å². The fourth-order valence-electron chi connectivity index (χ4n) is 4.79. The lowest BCUT2D eigenvalue weighted by Gasteiger charge is -2.32. The molecule has 1 N–H and O–H groups in total. The molecule has 2 aliphatic rings. The van der Waals surface area contributed by atoms with Crippen LogP contribution in [0.1, 0.15) is 97.3 Å². The molecule has 0 aromatic rings. The Labute approximate surface area is 138 Å². The molecule has 1 unspecified atom stereocenters. The molecule has 1 nitrogen and oxygen atoms in total. The van der Waals surface area contributed by atoms with Crippen molar-refractivity contribution < 1.29 is 5.11 Å². The van der Waals surface area contributed by atoms with Crippen LogP contribution in [0.15, 0.2) is 11.6 Å². The van der Waals surface area contributed by atoms with E-state index >= 15 is 0 Å². The van der Waals surface area contributed by atoms with Gasteiger partial charge in [-0.3, -0.25) is 0 Å². The van der Waals surface area contributed by atoms with Crippen molar-refractivity contribution in [3.8, 4) is 0 Å². The Kier molecular flexibility index (Phi) is 8.00. The van der Waals surface area contributed by atoms with Gasteiger partial charge in [-0.2, -0.15) is 0 Å². The summed E-state index contributed by atoms with van der Waals surface area (Å²) >= 11 is 0. The molecule has 128 valence electrons. The van der Waals surface area contributed by atoms with Crippen molar-refractivity contribution in [3.63, 3.8) is 0 Å². The highest BCUT2D eigenvalue weighted by Crippen LogP contribution is 2.40. The predicted octanol–water partition coefficient (Wildman–Crippen LogP) is 6.26. The highest BCUT2D eigenvalue weighted by Gasteiger charge is 2.29. The van der Waals surface area contributed by atoms with Gasteiger partial charge in [0.2, 0.25) is 0 Å². The van der Waals surface area contributed by atoms with Crippen LogP contribution in [0.3, 0.4) is 0 Å². The van der Waals surface area contributed by atoms with Crippen LogP contribution in [0, 0.1) is 17.8 Å². The second-order valence-electron chi connectivity index (χ2n) is 7.92. The molecule has 1 atom stereocenters. The fraction of sp³-hybridized carbons (Fsp3) is 0.905. The first-order chi connectivity index (χ1) is 10.7. The van der Waals surface area contributed by atoms with E-state index in [0.29, 0.717) is 0 Å². The molecule has 2 rings (SSSR count). The summed E-state index contributed by atoms with van der Waals surface area (Å²) in [4.78, 5) is 0. The third kappa shape index (κ3) is 5.41. The van der Waals surface area contributed by atoms with Crippen molar-refractivity contribution in [1.29, 1.82) is 0 Å². The summed E-state index contributed by atoms with van der Waals surface area (Å²) in [6.45, 7) is 4.25. The average molecular weight is 307 g/mol. The Morgan fingerprint density at radius 2 is 1.27 bits per heavy atom. The minimum Gasteiger partial charge on any atom is -0.389 e. The highest BCUT2D eigenvalue weighted by atomic mass is 16.3. The van der Waals surface area contributed by atoms with Crippen molar-refractivity contribution in [1.82, 2.24) is 0 Å². The van der Waals surface area contributed by atoms with Crippen LogP contribution >= 0.6 is 0 Å². The van der Waals surface area contributed by atoms with Crippen LogP contribution in [0.25, 0.3) is 0 Å². The fourth-order valence-corrected chi connectivity index (χ4v) is 4.79. The molecule has 0 saturated heterocycles. The van der Waals surface area contributed by atoms with Gasteiger partial charge in [0.05, 0.1) is 6.10 Å². The topological polar surface area (TPSA) is 20.2 Å². The van der Waals surface area contributed by atoms with Gasteiger partial charge in [-0.15, -0.1) is 0 Å². The van der Waals surface area contributed by atoms with E-state index < -0.39 is 0 Å². The first-order valence-electron chi connectivity index (χ1n) is 10.1. The monoisotopic (exact) mass is 306 g/mol. The van der Waals surface area contributed by atoms with E-state index in [-0.39, 0.29) is 6.10 Å². The van der Waals surface area contributed by atoms with E-state index in [1.54, 1.807) is 0 Å². The van der Waals surface area contributed by atoms with Gasteiger partial charge in [0.1, 0.15) is 0 Å². The highest BCUT2D eigenvalue weighted by molar-refractivity contribution is 5.09. The molecule has 0 radical (unpaired) electrons. The van der Waals surface area contributed by atoms with Crippen LogP contribution in [0.2, 0.25) is 0 Å². The normalized spacial score (nSPS) is 25.0. The van der Waals surface area contributed by atoms with Gasteiger partial charge in [0, 0.05) is 0 Å². The molecule has 2 aliphatic carbocycles. The van der Waals surface area contributed by atoms with Crippen LogP contribution in [0.5, 0.6) is 0 Å². The van der Waals surface area contributed by atoms with E-state index in [2.05, 4.69) is 19.9 Å². The summed E-state index contributed by atoms with van der Waals surface area (Å²) in [6.07, 6.45) is 20.3. The molecular formula is C21H38O. The van der Waals surface area contributed by atoms with Crippen LogP contribution in [0.4, 0.5) is 0 Å². The molecule has 2 fully saturated rings. The molecule has 0 aromatic carbocycles. The Balaban J connectivity index is 2.14. The Bertz CT molecular complexity index is 297. The lowest BCUT2D eigenvalue weighted by atomic mass is 9.73. The molecule has 1 heteroatoms. The first-order valence-corrected chi connectivity index (χ1v) is 10.1. The lowest BCUT2D eigenvalue weighted by Crippen LogP contribution is -2.23. The van der Waals surface area contributed by atoms with E-state index in [4.69, 9.17) is 0 Å². The smallest absolute Gasteiger partial charge is 0.0744 e. The predicted molar refractivity (Wildman–Crippen MR) is 95.9 cm³/mol. The SMILES string of the molecule is CCC(O)C(C)=CC(C1CCCCCC1)C1CCCCCC1. The number of rotatable bonds is 5. The van der Waals surface area contributed by atoms with E-state index in [0.717, 1.165) is 24.2 Å². The average Bonchev–Trinajstić information content (AvgIpc) is 2.96. The van der Waals surface area contributed by atoms with Crippen LogP contribution in [-0.2, 0) is 0 Å². The maximum atomic E-state index is 10.2. The quantitative estimate of drug-likeness (QED) is 0.469. The summed E-state index contributed by atoms with van der Waals surface area (Å²) in [7, 11) is 0. The second-order valence-corrected chi connectivity index (χ2v) is 7.92. The summed E-state index contributed by atoms with van der Waals surface area (Å²) in [5.74, 6) is 2.49. The van der Waals surface area contributed by atoms with Gasteiger partial charge in [0.25, 0.3) is 0 Å². The van der Waals surface area contributed by atoms with Gasteiger partial charge in [-0.05, 0) is 62.4 Å². The Morgan fingerprint density at radius 3 is 1.64 bits per heavy atom. The molecular weight excluding hydrogens is 268 g/mol. The van der Waals surface area contributed by atoms with E-state index in [1.165, 1.54) is 82.6 Å². The molecule has 0 heterocycles. The van der Waals surface area contributed by atoms with E-state index in [9.17, 15) is 5.11 Å². The Hall–Kier alpha value is -0.300. The number of hydrogen-bond acceptors (Lipinski definition) is 1. The van der Waals surface area contributed by atoms with Crippen molar-refractivity contribution in [2.45, 2.75) is 103 Å². The third-order valence-electron chi connectivity index (χ3n) is 6.26. The zero-order valence-corrected chi connectivity index (χ0v) is 15.0. The molecule has 0 spiro atoms. The number of aliphatic hydroxyl groups is 1. The minimum atomic E-state index is -0.223. The van der Waals surface area contributed by atoms with Gasteiger partial charge in [-0.25, -0.2) is 0 Å². The van der Waals surface area contributed by atoms with Crippen molar-refractivity contribution >= 4 is 0 Å². The molecule has 2 saturated carbocycles. The minimum absolute atomic E-state index is 0.223. The van der Waals surface area contributed by atoms with Crippen LogP contribution in [-0.4, -0.2) is 11.2 Å². The number of allylic oxidation sites excluding steroid dienone is 1. The van der Waals surface area contributed by atoms with Gasteiger partial charge in [0.15, 0.2) is 0 Å².